The van der Waals surface area contributed by atoms with Gasteiger partial charge in [-0.3, -0.25) is 9.36 Å². The largest absolute Gasteiger partial charge is 0.507 e. The van der Waals surface area contributed by atoms with Crippen LogP contribution < -0.4 is 5.32 Å². The van der Waals surface area contributed by atoms with Gasteiger partial charge in [0.1, 0.15) is 5.75 Å². The number of amides is 1. The lowest BCUT2D eigenvalue weighted by Gasteiger charge is -2.12. The maximum absolute atomic E-state index is 12.6. The molecule has 1 amide bonds. The first kappa shape index (κ1) is 22.1. The van der Waals surface area contributed by atoms with Gasteiger partial charge in [-0.2, -0.15) is 0 Å². The van der Waals surface area contributed by atoms with Crippen LogP contribution in [0, 0.1) is 13.8 Å². The summed E-state index contributed by atoms with van der Waals surface area (Å²) in [7, 11) is 0. The van der Waals surface area contributed by atoms with Gasteiger partial charge >= 0.3 is 0 Å². The second kappa shape index (κ2) is 9.58. The number of hydrogen-bond acceptors (Lipinski definition) is 5. The molecule has 162 valence electrons. The monoisotopic (exact) mass is 508 g/mol. The molecule has 4 rings (SSSR count). The Morgan fingerprint density at radius 1 is 1.06 bits per heavy atom. The number of carbonyl (C=O) groups excluding carboxylic acids is 1. The molecular formula is C24H21BrN4O2S. The molecule has 0 aliphatic rings. The average molecular weight is 509 g/mol. The second-order valence-electron chi connectivity index (χ2n) is 7.29. The molecule has 0 unspecified atom stereocenters. The maximum Gasteiger partial charge on any atom is 0.234 e. The van der Waals surface area contributed by atoms with Crippen LogP contribution in [-0.4, -0.2) is 31.5 Å². The lowest BCUT2D eigenvalue weighted by molar-refractivity contribution is -0.113. The van der Waals surface area contributed by atoms with E-state index in [0.717, 1.165) is 27.0 Å². The van der Waals surface area contributed by atoms with Gasteiger partial charge in [-0.1, -0.05) is 63.6 Å². The molecule has 0 atom stereocenters. The van der Waals surface area contributed by atoms with Crippen LogP contribution in [0.15, 0.2) is 76.4 Å². The van der Waals surface area contributed by atoms with E-state index in [1.54, 1.807) is 18.2 Å². The molecule has 0 saturated carbocycles. The number of rotatable bonds is 6. The van der Waals surface area contributed by atoms with Gasteiger partial charge in [0.2, 0.25) is 5.91 Å². The van der Waals surface area contributed by atoms with Crippen molar-refractivity contribution in [2.45, 2.75) is 19.0 Å². The fourth-order valence-electron chi connectivity index (χ4n) is 3.31. The van der Waals surface area contributed by atoms with Crippen LogP contribution in [0.3, 0.4) is 0 Å². The molecular weight excluding hydrogens is 488 g/mol. The first-order valence-corrected chi connectivity index (χ1v) is 11.7. The van der Waals surface area contributed by atoms with E-state index in [9.17, 15) is 9.90 Å². The van der Waals surface area contributed by atoms with E-state index in [0.29, 0.717) is 16.5 Å². The summed E-state index contributed by atoms with van der Waals surface area (Å²) in [4.78, 5) is 12.6. The van der Waals surface area contributed by atoms with Crippen LogP contribution in [0.2, 0.25) is 0 Å². The number of nitrogens with zero attached hydrogens (tertiary/aromatic N) is 3. The van der Waals surface area contributed by atoms with E-state index in [2.05, 4.69) is 31.4 Å². The number of phenolic OH excluding ortho intramolecular Hbond substituents is 1. The van der Waals surface area contributed by atoms with Crippen molar-refractivity contribution in [2.75, 3.05) is 11.1 Å². The number of halogens is 1. The zero-order valence-corrected chi connectivity index (χ0v) is 19.9. The van der Waals surface area contributed by atoms with E-state index in [-0.39, 0.29) is 17.4 Å². The Labute approximate surface area is 198 Å². The Balaban J connectivity index is 1.62. The number of hydrogen-bond donors (Lipinski definition) is 2. The Bertz CT molecular complexity index is 1270. The van der Waals surface area contributed by atoms with Crippen molar-refractivity contribution >= 4 is 39.3 Å². The summed E-state index contributed by atoms with van der Waals surface area (Å²) < 4.78 is 2.66. The minimum atomic E-state index is -0.128. The molecule has 6 nitrogen and oxygen atoms in total. The van der Waals surface area contributed by atoms with Gasteiger partial charge in [0.25, 0.3) is 0 Å². The minimum Gasteiger partial charge on any atom is -0.507 e. The molecule has 4 aromatic rings. The highest BCUT2D eigenvalue weighted by Crippen LogP contribution is 2.34. The number of aromatic nitrogens is 3. The molecule has 0 bridgehead atoms. The Morgan fingerprint density at radius 2 is 1.84 bits per heavy atom. The number of phenols is 1. The van der Waals surface area contributed by atoms with Crippen LogP contribution in [0.4, 0.5) is 5.69 Å². The van der Waals surface area contributed by atoms with Crippen molar-refractivity contribution in [3.63, 3.8) is 0 Å². The van der Waals surface area contributed by atoms with Crippen molar-refractivity contribution in [1.82, 2.24) is 14.8 Å². The van der Waals surface area contributed by atoms with Crippen LogP contribution >= 0.6 is 27.7 Å². The lowest BCUT2D eigenvalue weighted by Crippen LogP contribution is -2.15. The summed E-state index contributed by atoms with van der Waals surface area (Å²) in [6, 6.07) is 20.7. The standard InChI is InChI=1S/C24H21BrN4O2S/c1-15-8-10-20(16(2)12-15)26-22(31)14-32-24-28-27-23(19-13-17(25)9-11-21(19)30)29(24)18-6-4-3-5-7-18/h3-13,30H,14H2,1-2H3,(H,26,31). The van der Waals surface area contributed by atoms with Gasteiger partial charge in [0.05, 0.1) is 11.3 Å². The van der Waals surface area contributed by atoms with E-state index >= 15 is 0 Å². The number of thioether (sulfide) groups is 1. The van der Waals surface area contributed by atoms with Crippen LogP contribution in [0.25, 0.3) is 17.1 Å². The zero-order valence-electron chi connectivity index (χ0n) is 17.5. The fraction of sp³-hybridized carbons (Fsp3) is 0.125. The molecule has 0 aliphatic carbocycles. The van der Waals surface area contributed by atoms with E-state index in [1.807, 2.05) is 66.9 Å². The summed E-state index contributed by atoms with van der Waals surface area (Å²) in [6.07, 6.45) is 0. The molecule has 0 aliphatic heterocycles. The van der Waals surface area contributed by atoms with Crippen LogP contribution in [0.5, 0.6) is 5.75 Å². The molecule has 2 N–H and O–H groups in total. The van der Waals surface area contributed by atoms with E-state index < -0.39 is 0 Å². The predicted molar refractivity (Wildman–Crippen MR) is 131 cm³/mol. The number of anilines is 1. The molecule has 1 aromatic heterocycles. The van der Waals surface area contributed by atoms with Crippen molar-refractivity contribution in [1.29, 1.82) is 0 Å². The average Bonchev–Trinajstić information content (AvgIpc) is 3.20. The smallest absolute Gasteiger partial charge is 0.234 e. The third kappa shape index (κ3) is 4.87. The quantitative estimate of drug-likeness (QED) is 0.324. The van der Waals surface area contributed by atoms with Gasteiger partial charge in [0.15, 0.2) is 11.0 Å². The SMILES string of the molecule is Cc1ccc(NC(=O)CSc2nnc(-c3cc(Br)ccc3O)n2-c2ccccc2)c(C)c1. The molecule has 0 saturated heterocycles. The number of benzene rings is 3. The zero-order chi connectivity index (χ0) is 22.7. The highest BCUT2D eigenvalue weighted by Gasteiger charge is 2.20. The number of nitrogens with one attached hydrogen (secondary N) is 1. The molecule has 0 fully saturated rings. The Kier molecular flexibility index (Phi) is 6.62. The number of para-hydroxylation sites is 1. The van der Waals surface area contributed by atoms with E-state index in [1.165, 1.54) is 11.8 Å². The maximum atomic E-state index is 12.6. The summed E-state index contributed by atoms with van der Waals surface area (Å²) in [5, 5.41) is 22.6. The highest BCUT2D eigenvalue weighted by molar-refractivity contribution is 9.10. The molecule has 0 spiro atoms. The second-order valence-corrected chi connectivity index (χ2v) is 9.15. The molecule has 0 radical (unpaired) electrons. The highest BCUT2D eigenvalue weighted by atomic mass is 79.9. The molecule has 8 heteroatoms. The summed E-state index contributed by atoms with van der Waals surface area (Å²) >= 11 is 4.73. The van der Waals surface area contributed by atoms with Gasteiger partial charge in [0, 0.05) is 15.8 Å². The number of carbonyl (C=O) groups is 1. The van der Waals surface area contributed by atoms with E-state index in [4.69, 9.17) is 0 Å². The van der Waals surface area contributed by atoms with Crippen molar-refractivity contribution < 1.29 is 9.90 Å². The number of aryl methyl sites for hydroxylation is 2. The summed E-state index contributed by atoms with van der Waals surface area (Å²) in [5.41, 5.74) is 4.34. The summed E-state index contributed by atoms with van der Waals surface area (Å²) in [6.45, 7) is 3.99. The van der Waals surface area contributed by atoms with Gasteiger partial charge in [-0.05, 0) is 55.8 Å². The van der Waals surface area contributed by atoms with Crippen LogP contribution in [0.1, 0.15) is 11.1 Å². The van der Waals surface area contributed by atoms with Gasteiger partial charge in [-0.15, -0.1) is 10.2 Å². The fourth-order valence-corrected chi connectivity index (χ4v) is 4.42. The number of aromatic hydroxyl groups is 1. The molecule has 32 heavy (non-hydrogen) atoms. The first-order valence-electron chi connectivity index (χ1n) is 9.92. The van der Waals surface area contributed by atoms with Crippen molar-refractivity contribution in [2.24, 2.45) is 0 Å². The third-order valence-corrected chi connectivity index (χ3v) is 6.26. The molecule has 3 aromatic carbocycles. The third-order valence-electron chi connectivity index (χ3n) is 4.84. The Hall–Kier alpha value is -3.10. The summed E-state index contributed by atoms with van der Waals surface area (Å²) in [5.74, 6) is 0.633. The topological polar surface area (TPSA) is 80.0 Å². The van der Waals surface area contributed by atoms with Crippen molar-refractivity contribution in [3.05, 3.63) is 82.3 Å². The minimum absolute atomic E-state index is 0.0990. The predicted octanol–water partition coefficient (Wildman–Crippen LogP) is 5.75. The van der Waals surface area contributed by atoms with Gasteiger partial charge < -0.3 is 10.4 Å². The normalized spacial score (nSPS) is 10.8. The first-order chi connectivity index (χ1) is 15.4. The Morgan fingerprint density at radius 3 is 2.59 bits per heavy atom. The van der Waals surface area contributed by atoms with Gasteiger partial charge in [-0.25, -0.2) is 0 Å². The van der Waals surface area contributed by atoms with Crippen LogP contribution in [-0.2, 0) is 4.79 Å². The van der Waals surface area contributed by atoms with Crippen molar-refractivity contribution in [3.8, 4) is 22.8 Å². The molecule has 1 heterocycles. The lowest BCUT2D eigenvalue weighted by atomic mass is 10.1.